The molecule has 34 heavy (non-hydrogen) atoms. The zero-order valence-electron chi connectivity index (χ0n) is 18.3. The van der Waals surface area contributed by atoms with Crippen LogP contribution in [0.15, 0.2) is 53.3 Å². The molecule has 0 aliphatic heterocycles. The van der Waals surface area contributed by atoms with Gasteiger partial charge in [0.05, 0.1) is 31.0 Å². The molecule has 0 aliphatic carbocycles. The molecule has 0 atom stereocenters. The number of esters is 1. The average molecular weight is 476 g/mol. The molecule has 0 aliphatic rings. The number of alkyl halides is 3. The van der Waals surface area contributed by atoms with Crippen molar-refractivity contribution in [1.29, 1.82) is 0 Å². The molecule has 0 amide bonds. The van der Waals surface area contributed by atoms with Crippen LogP contribution in [0.1, 0.15) is 32.1 Å². The summed E-state index contributed by atoms with van der Waals surface area (Å²) in [7, 11) is 2.77. The van der Waals surface area contributed by atoms with E-state index in [9.17, 15) is 27.6 Å². The van der Waals surface area contributed by atoms with Crippen LogP contribution in [0.3, 0.4) is 0 Å². The average Bonchev–Trinajstić information content (AvgIpc) is 2.81. The number of halogens is 3. The molecule has 3 aromatic rings. The molecule has 178 valence electrons. The van der Waals surface area contributed by atoms with Gasteiger partial charge in [0.1, 0.15) is 11.5 Å². The Kier molecular flexibility index (Phi) is 7.04. The maximum Gasteiger partial charge on any atom is 0.416 e. The van der Waals surface area contributed by atoms with Crippen LogP contribution >= 0.6 is 0 Å². The topological polar surface area (TPSA) is 96.7 Å². The van der Waals surface area contributed by atoms with E-state index in [1.165, 1.54) is 45.4 Å². The van der Waals surface area contributed by atoms with Gasteiger partial charge in [0.15, 0.2) is 6.61 Å². The number of aryl methyl sites for hydroxylation is 1. The molecule has 1 heterocycles. The summed E-state index contributed by atoms with van der Waals surface area (Å²) >= 11 is 0. The Labute approximate surface area is 191 Å². The molecule has 1 aromatic heterocycles. The van der Waals surface area contributed by atoms with E-state index in [2.05, 4.69) is 5.10 Å². The molecule has 0 fully saturated rings. The Hall–Kier alpha value is -4.15. The number of rotatable bonds is 7. The van der Waals surface area contributed by atoms with E-state index in [4.69, 9.17) is 14.2 Å². The van der Waals surface area contributed by atoms with Crippen LogP contribution in [0.25, 0.3) is 5.69 Å². The van der Waals surface area contributed by atoms with Crippen LogP contribution in [0.2, 0.25) is 0 Å². The number of benzene rings is 2. The third kappa shape index (κ3) is 5.25. The van der Waals surface area contributed by atoms with Crippen molar-refractivity contribution in [2.45, 2.75) is 13.1 Å². The monoisotopic (exact) mass is 476 g/mol. The van der Waals surface area contributed by atoms with Gasteiger partial charge >= 0.3 is 12.1 Å². The highest BCUT2D eigenvalue weighted by Gasteiger charge is 2.30. The number of carbonyl (C=O) groups is 2. The largest absolute Gasteiger partial charge is 0.497 e. The molecule has 8 nitrogen and oxygen atoms in total. The standard InChI is InChI=1S/C23H19F3N2O6/c1-13-9-18(29)21(27-28(13)15-6-4-5-14(10-15)23(24,25)26)22(31)34-12-19(30)17-11-16(32-2)7-8-20(17)33-3/h4-11H,12H2,1-3H3. The lowest BCUT2D eigenvalue weighted by Crippen LogP contribution is -2.26. The van der Waals surface area contributed by atoms with E-state index in [0.717, 1.165) is 22.9 Å². The van der Waals surface area contributed by atoms with Gasteiger partial charge in [-0.25, -0.2) is 9.48 Å². The van der Waals surface area contributed by atoms with Crippen LogP contribution in [-0.4, -0.2) is 42.4 Å². The number of aromatic nitrogens is 2. The minimum absolute atomic E-state index is 0.0152. The summed E-state index contributed by atoms with van der Waals surface area (Å²) in [5.41, 5.74) is -2.15. The molecule has 0 unspecified atom stereocenters. The number of nitrogens with zero attached hydrogens (tertiary/aromatic N) is 2. The maximum absolute atomic E-state index is 13.1. The summed E-state index contributed by atoms with van der Waals surface area (Å²) in [6, 6.07) is 9.75. The van der Waals surface area contributed by atoms with Gasteiger partial charge in [-0.15, -0.1) is 0 Å². The van der Waals surface area contributed by atoms with Gasteiger partial charge in [-0.2, -0.15) is 18.3 Å². The Bertz CT molecular complexity index is 1300. The molecule has 0 bridgehead atoms. The second kappa shape index (κ2) is 9.77. The van der Waals surface area contributed by atoms with Crippen molar-refractivity contribution in [2.24, 2.45) is 0 Å². The first-order valence-corrected chi connectivity index (χ1v) is 9.76. The first kappa shape index (κ1) is 24.5. The summed E-state index contributed by atoms with van der Waals surface area (Å²) in [5.74, 6) is -1.24. The lowest BCUT2D eigenvalue weighted by atomic mass is 10.1. The zero-order valence-corrected chi connectivity index (χ0v) is 18.3. The third-order valence-electron chi connectivity index (χ3n) is 4.76. The normalized spacial score (nSPS) is 11.1. The lowest BCUT2D eigenvalue weighted by Gasteiger charge is -2.13. The second-order valence-electron chi connectivity index (χ2n) is 7.02. The van der Waals surface area contributed by atoms with Crippen molar-refractivity contribution in [3.05, 3.63) is 81.3 Å². The summed E-state index contributed by atoms with van der Waals surface area (Å²) < 4.78 is 55.4. The van der Waals surface area contributed by atoms with Gasteiger partial charge in [0, 0.05) is 11.8 Å². The summed E-state index contributed by atoms with van der Waals surface area (Å²) in [5, 5.41) is 3.88. The van der Waals surface area contributed by atoms with E-state index >= 15 is 0 Å². The van der Waals surface area contributed by atoms with Crippen molar-refractivity contribution in [3.8, 4) is 17.2 Å². The van der Waals surface area contributed by atoms with Gasteiger partial charge in [0.2, 0.25) is 16.9 Å². The van der Waals surface area contributed by atoms with Crippen molar-refractivity contribution >= 4 is 11.8 Å². The highest BCUT2D eigenvalue weighted by atomic mass is 19.4. The van der Waals surface area contributed by atoms with Gasteiger partial charge in [-0.05, 0) is 43.3 Å². The van der Waals surface area contributed by atoms with E-state index in [0.29, 0.717) is 5.75 Å². The van der Waals surface area contributed by atoms with Crippen LogP contribution < -0.4 is 14.9 Å². The molecule has 0 N–H and O–H groups in total. The van der Waals surface area contributed by atoms with E-state index in [1.54, 1.807) is 6.07 Å². The minimum Gasteiger partial charge on any atom is -0.497 e. The van der Waals surface area contributed by atoms with Crippen molar-refractivity contribution < 1.29 is 37.0 Å². The van der Waals surface area contributed by atoms with Crippen molar-refractivity contribution in [3.63, 3.8) is 0 Å². The molecular weight excluding hydrogens is 457 g/mol. The van der Waals surface area contributed by atoms with Gasteiger partial charge in [-0.1, -0.05) is 6.07 Å². The number of ether oxygens (including phenoxy) is 3. The fourth-order valence-electron chi connectivity index (χ4n) is 3.07. The van der Waals surface area contributed by atoms with Crippen LogP contribution in [0.5, 0.6) is 11.5 Å². The molecule has 11 heteroatoms. The summed E-state index contributed by atoms with van der Waals surface area (Å²) in [4.78, 5) is 37.4. The second-order valence-corrected chi connectivity index (χ2v) is 7.02. The van der Waals surface area contributed by atoms with Crippen molar-refractivity contribution in [1.82, 2.24) is 9.78 Å². The smallest absolute Gasteiger partial charge is 0.416 e. The number of ketones is 1. The van der Waals surface area contributed by atoms with Gasteiger partial charge < -0.3 is 14.2 Å². The van der Waals surface area contributed by atoms with Crippen LogP contribution in [0.4, 0.5) is 13.2 Å². The summed E-state index contributed by atoms with van der Waals surface area (Å²) in [6.45, 7) is 0.712. The predicted molar refractivity (Wildman–Crippen MR) is 114 cm³/mol. The summed E-state index contributed by atoms with van der Waals surface area (Å²) in [6.07, 6.45) is -4.59. The van der Waals surface area contributed by atoms with E-state index in [1.807, 2.05) is 0 Å². The molecule has 3 rings (SSSR count). The Morgan fingerprint density at radius 1 is 1.03 bits per heavy atom. The molecular formula is C23H19F3N2O6. The number of hydrogen-bond donors (Lipinski definition) is 0. The molecule has 0 saturated heterocycles. The number of hydrogen-bond acceptors (Lipinski definition) is 7. The first-order chi connectivity index (χ1) is 16.0. The minimum atomic E-state index is -4.59. The Morgan fingerprint density at radius 3 is 2.41 bits per heavy atom. The SMILES string of the molecule is COc1ccc(OC)c(C(=O)COC(=O)c2nn(-c3cccc(C(F)(F)F)c3)c(C)cc2=O)c1. The first-order valence-electron chi connectivity index (χ1n) is 9.76. The van der Waals surface area contributed by atoms with E-state index in [-0.39, 0.29) is 22.7 Å². The molecule has 0 saturated carbocycles. The highest BCUT2D eigenvalue weighted by Crippen LogP contribution is 2.30. The molecule has 2 aromatic carbocycles. The maximum atomic E-state index is 13.1. The lowest BCUT2D eigenvalue weighted by molar-refractivity contribution is -0.137. The van der Waals surface area contributed by atoms with Crippen LogP contribution in [0, 0.1) is 6.92 Å². The Balaban J connectivity index is 1.87. The van der Waals surface area contributed by atoms with Gasteiger partial charge in [-0.3, -0.25) is 9.59 Å². The molecule has 0 radical (unpaired) electrons. The third-order valence-corrected chi connectivity index (χ3v) is 4.76. The fraction of sp³-hybridized carbons (Fsp3) is 0.217. The highest BCUT2D eigenvalue weighted by molar-refractivity contribution is 6.01. The van der Waals surface area contributed by atoms with E-state index < -0.39 is 41.2 Å². The Morgan fingerprint density at radius 2 is 1.76 bits per heavy atom. The number of Topliss-reactive ketones (excluding diaryl/α,β-unsaturated/α-hetero) is 1. The predicted octanol–water partition coefficient (Wildman–Crippen LogP) is 3.62. The van der Waals surface area contributed by atoms with Gasteiger partial charge in [0.25, 0.3) is 0 Å². The zero-order chi connectivity index (χ0) is 25.0. The number of methoxy groups -OCH3 is 2. The quantitative estimate of drug-likeness (QED) is 0.380. The fourth-order valence-corrected chi connectivity index (χ4v) is 3.07. The number of carbonyl (C=O) groups excluding carboxylic acids is 2. The van der Waals surface area contributed by atoms with Crippen molar-refractivity contribution in [2.75, 3.05) is 20.8 Å². The van der Waals surface area contributed by atoms with Crippen LogP contribution in [-0.2, 0) is 10.9 Å². The molecule has 0 spiro atoms.